The highest BCUT2D eigenvalue weighted by atomic mass is 16.5. The van der Waals surface area contributed by atoms with Crippen molar-refractivity contribution in [3.05, 3.63) is 11.6 Å². The van der Waals surface area contributed by atoms with E-state index in [0.717, 1.165) is 43.1 Å². The van der Waals surface area contributed by atoms with Crippen LogP contribution in [0.4, 0.5) is 0 Å². The molecule has 1 aliphatic heterocycles. The first kappa shape index (κ1) is 22.4. The van der Waals surface area contributed by atoms with Gasteiger partial charge in [0.1, 0.15) is 0 Å². The zero-order chi connectivity index (χ0) is 22.0. The summed E-state index contributed by atoms with van der Waals surface area (Å²) < 4.78 is 12.2. The van der Waals surface area contributed by atoms with Crippen LogP contribution in [0.25, 0.3) is 0 Å². The average molecular weight is 431 g/mol. The summed E-state index contributed by atoms with van der Waals surface area (Å²) in [6, 6.07) is 0. The van der Waals surface area contributed by atoms with Gasteiger partial charge >= 0.3 is 0 Å². The zero-order valence-corrected chi connectivity index (χ0v) is 20.6. The Kier molecular flexibility index (Phi) is 5.88. The third-order valence-corrected chi connectivity index (χ3v) is 11.1. The van der Waals surface area contributed by atoms with Crippen molar-refractivity contribution in [2.45, 2.75) is 104 Å². The Bertz CT molecular complexity index is 702. The number of rotatable bonds is 5. The molecular weight excluding hydrogens is 384 g/mol. The molecule has 11 atom stereocenters. The fraction of sp³-hybridized carbons (Fsp3) is 0.929. The van der Waals surface area contributed by atoms with E-state index >= 15 is 0 Å². The molecule has 0 spiro atoms. The van der Waals surface area contributed by atoms with Crippen LogP contribution in [0, 0.1) is 46.3 Å². The van der Waals surface area contributed by atoms with Gasteiger partial charge in [-0.15, -0.1) is 0 Å². The van der Waals surface area contributed by atoms with Crippen LogP contribution >= 0.6 is 0 Å². The molecule has 3 nitrogen and oxygen atoms in total. The smallest absolute Gasteiger partial charge is 0.0618 e. The molecule has 4 fully saturated rings. The number of hydrogen-bond donors (Lipinski definition) is 1. The quantitative estimate of drug-likeness (QED) is 0.544. The minimum absolute atomic E-state index is 0.103. The highest BCUT2D eigenvalue weighted by Gasteiger charge is 2.64. The molecule has 1 N–H and O–H groups in total. The fourth-order valence-corrected chi connectivity index (χ4v) is 9.48. The Labute approximate surface area is 190 Å². The van der Waals surface area contributed by atoms with E-state index in [4.69, 9.17) is 9.47 Å². The molecule has 5 aliphatic rings. The van der Waals surface area contributed by atoms with Gasteiger partial charge in [-0.1, -0.05) is 39.3 Å². The second-order valence-corrected chi connectivity index (χ2v) is 12.7. The normalized spacial score (nSPS) is 52.0. The molecular formula is C28H46O3. The van der Waals surface area contributed by atoms with Crippen molar-refractivity contribution in [1.29, 1.82) is 0 Å². The van der Waals surface area contributed by atoms with Crippen molar-refractivity contribution in [2.75, 3.05) is 13.7 Å². The van der Waals surface area contributed by atoms with Crippen molar-refractivity contribution in [1.82, 2.24) is 0 Å². The number of allylic oxidation sites excluding steroid dienone is 1. The molecule has 5 rings (SSSR count). The molecule has 0 aromatic heterocycles. The van der Waals surface area contributed by atoms with Gasteiger partial charge in [0.15, 0.2) is 0 Å². The van der Waals surface area contributed by atoms with Crippen molar-refractivity contribution < 1.29 is 14.6 Å². The molecule has 3 heteroatoms. The first-order chi connectivity index (χ1) is 14.8. The Morgan fingerprint density at radius 2 is 2.03 bits per heavy atom. The minimum Gasteiger partial charge on any atom is -0.393 e. The van der Waals surface area contributed by atoms with Gasteiger partial charge in [0.05, 0.1) is 18.3 Å². The fourth-order valence-electron chi connectivity index (χ4n) is 9.48. The molecule has 4 aliphatic carbocycles. The summed E-state index contributed by atoms with van der Waals surface area (Å²) in [6.45, 7) is 10.8. The molecule has 1 heterocycles. The molecule has 10 unspecified atom stereocenters. The maximum atomic E-state index is 10.3. The topological polar surface area (TPSA) is 38.7 Å². The number of hydrogen-bond acceptors (Lipinski definition) is 3. The maximum Gasteiger partial charge on any atom is 0.0618 e. The van der Waals surface area contributed by atoms with Gasteiger partial charge in [-0.3, -0.25) is 0 Å². The number of aliphatic hydroxyl groups is 1. The van der Waals surface area contributed by atoms with E-state index in [1.807, 2.05) is 7.11 Å². The van der Waals surface area contributed by atoms with Crippen LogP contribution in [-0.2, 0) is 9.47 Å². The molecule has 176 valence electrons. The van der Waals surface area contributed by atoms with Crippen LogP contribution in [-0.4, -0.2) is 37.1 Å². The summed E-state index contributed by atoms with van der Waals surface area (Å²) in [5.41, 5.74) is 2.38. The van der Waals surface area contributed by atoms with Gasteiger partial charge in [-0.2, -0.15) is 0 Å². The number of ether oxygens (including phenoxy) is 2. The highest BCUT2D eigenvalue weighted by Crippen LogP contribution is 2.69. The van der Waals surface area contributed by atoms with Crippen LogP contribution in [0.3, 0.4) is 0 Å². The maximum absolute atomic E-state index is 10.3. The first-order valence-electron chi connectivity index (χ1n) is 13.3. The Hall–Kier alpha value is -0.380. The third kappa shape index (κ3) is 3.48. The first-order valence-corrected chi connectivity index (χ1v) is 13.3. The Morgan fingerprint density at radius 1 is 1.23 bits per heavy atom. The average Bonchev–Trinajstić information content (AvgIpc) is 3.20. The summed E-state index contributed by atoms with van der Waals surface area (Å²) in [6.07, 6.45) is 14.2. The van der Waals surface area contributed by atoms with Gasteiger partial charge in [0.2, 0.25) is 0 Å². The van der Waals surface area contributed by atoms with Gasteiger partial charge in [-0.05, 0) is 104 Å². The molecule has 0 aromatic carbocycles. The molecule has 1 saturated heterocycles. The summed E-state index contributed by atoms with van der Waals surface area (Å²) in [5.74, 6) is 4.51. The summed E-state index contributed by atoms with van der Waals surface area (Å²) >= 11 is 0. The summed E-state index contributed by atoms with van der Waals surface area (Å²) in [4.78, 5) is 0. The van der Waals surface area contributed by atoms with E-state index in [0.29, 0.717) is 34.9 Å². The molecule has 0 amide bonds. The monoisotopic (exact) mass is 430 g/mol. The van der Waals surface area contributed by atoms with Crippen LogP contribution < -0.4 is 0 Å². The molecule has 3 saturated carbocycles. The third-order valence-electron chi connectivity index (χ3n) is 11.1. The van der Waals surface area contributed by atoms with E-state index in [-0.39, 0.29) is 6.10 Å². The predicted molar refractivity (Wildman–Crippen MR) is 125 cm³/mol. The lowest BCUT2D eigenvalue weighted by Gasteiger charge is -2.58. The van der Waals surface area contributed by atoms with Gasteiger partial charge < -0.3 is 14.6 Å². The van der Waals surface area contributed by atoms with E-state index in [1.165, 1.54) is 44.9 Å². The van der Waals surface area contributed by atoms with Crippen LogP contribution in [0.5, 0.6) is 0 Å². The number of methoxy groups -OCH3 is 1. The van der Waals surface area contributed by atoms with Crippen LogP contribution in [0.1, 0.15) is 85.5 Å². The minimum atomic E-state index is -0.103. The van der Waals surface area contributed by atoms with Gasteiger partial charge in [-0.25, -0.2) is 0 Å². The Balaban J connectivity index is 1.31. The lowest BCUT2D eigenvalue weighted by atomic mass is 9.47. The molecule has 0 radical (unpaired) electrons. The van der Waals surface area contributed by atoms with Crippen molar-refractivity contribution in [3.63, 3.8) is 0 Å². The zero-order valence-electron chi connectivity index (χ0n) is 20.6. The van der Waals surface area contributed by atoms with E-state index < -0.39 is 0 Å². The number of fused-ring (bicyclic) bond motifs is 7. The van der Waals surface area contributed by atoms with Crippen LogP contribution in [0.2, 0.25) is 0 Å². The highest BCUT2D eigenvalue weighted by molar-refractivity contribution is 5.26. The van der Waals surface area contributed by atoms with Crippen molar-refractivity contribution >= 4 is 0 Å². The predicted octanol–water partition coefficient (Wildman–Crippen LogP) is 6.00. The number of aliphatic hydroxyl groups excluding tert-OH is 1. The molecule has 0 aromatic rings. The standard InChI is InChI=1S/C28H46O3/c1-17(16-30-5)6-9-24-18(2)26-25(31-24)15-23-21-8-7-19-14-20(29)10-12-27(19,3)22(21)11-13-28(23,26)4/h7,17-18,20-26,29H,6,8-16H2,1-5H3/t17-,18?,20?,21?,22?,23?,24?,25?,26?,27?,28?/m1/s1. The summed E-state index contributed by atoms with van der Waals surface area (Å²) in [7, 11) is 1.81. The van der Waals surface area contributed by atoms with Crippen molar-refractivity contribution in [2.24, 2.45) is 46.3 Å². The SMILES string of the molecule is COC[C@H](C)CCC1OC2CC3C4CC=C5CC(O)CCC5(C)C4CCC3(C)C2C1C. The van der Waals surface area contributed by atoms with Crippen LogP contribution in [0.15, 0.2) is 11.6 Å². The molecule has 31 heavy (non-hydrogen) atoms. The lowest BCUT2D eigenvalue weighted by molar-refractivity contribution is -0.0590. The summed E-state index contributed by atoms with van der Waals surface area (Å²) in [5, 5.41) is 10.3. The lowest BCUT2D eigenvalue weighted by Crippen LogP contribution is -2.51. The largest absolute Gasteiger partial charge is 0.393 e. The van der Waals surface area contributed by atoms with Crippen molar-refractivity contribution in [3.8, 4) is 0 Å². The second-order valence-electron chi connectivity index (χ2n) is 12.7. The van der Waals surface area contributed by atoms with Gasteiger partial charge in [0, 0.05) is 13.7 Å². The van der Waals surface area contributed by atoms with Gasteiger partial charge in [0.25, 0.3) is 0 Å². The van der Waals surface area contributed by atoms with E-state index in [9.17, 15) is 5.11 Å². The Morgan fingerprint density at radius 3 is 2.81 bits per heavy atom. The van der Waals surface area contributed by atoms with E-state index in [2.05, 4.69) is 33.8 Å². The molecule has 0 bridgehead atoms. The second kappa shape index (κ2) is 8.13. The van der Waals surface area contributed by atoms with E-state index in [1.54, 1.807) is 5.57 Å².